The molecule has 0 bridgehead atoms. The maximum atomic E-state index is 10.6. The molecule has 1 unspecified atom stereocenters. The number of nitrogens with zero attached hydrogens (tertiary/aromatic N) is 2. The van der Waals surface area contributed by atoms with E-state index in [4.69, 9.17) is 4.74 Å². The van der Waals surface area contributed by atoms with E-state index in [2.05, 4.69) is 20.5 Å². The van der Waals surface area contributed by atoms with Crippen LogP contribution >= 0.6 is 0 Å². The second kappa shape index (κ2) is 8.86. The van der Waals surface area contributed by atoms with Gasteiger partial charge in [-0.2, -0.15) is 0 Å². The van der Waals surface area contributed by atoms with Crippen LogP contribution in [0.25, 0.3) is 0 Å². The van der Waals surface area contributed by atoms with Crippen molar-refractivity contribution in [3.8, 4) is 0 Å². The van der Waals surface area contributed by atoms with E-state index in [0.717, 1.165) is 45.0 Å². The highest BCUT2D eigenvalue weighted by Gasteiger charge is 2.22. The van der Waals surface area contributed by atoms with Gasteiger partial charge in [-0.25, -0.2) is 0 Å². The number of aliphatic hydroxyl groups is 1. The summed E-state index contributed by atoms with van der Waals surface area (Å²) in [6, 6.07) is 9.66. The van der Waals surface area contributed by atoms with Crippen LogP contribution in [0, 0.1) is 0 Å². The van der Waals surface area contributed by atoms with Crippen molar-refractivity contribution in [1.82, 2.24) is 15.5 Å². The van der Waals surface area contributed by atoms with E-state index in [1.807, 2.05) is 30.3 Å². The third-order valence-electron chi connectivity index (χ3n) is 4.04. The van der Waals surface area contributed by atoms with Gasteiger partial charge in [0.1, 0.15) is 5.60 Å². The highest BCUT2D eigenvalue weighted by Crippen LogP contribution is 2.18. The van der Waals surface area contributed by atoms with Crippen molar-refractivity contribution in [3.63, 3.8) is 0 Å². The summed E-state index contributed by atoms with van der Waals surface area (Å²) in [7, 11) is 1.74. The molecule has 1 aromatic rings. The zero-order valence-electron chi connectivity index (χ0n) is 14.1. The minimum Gasteiger partial charge on any atom is -0.384 e. The number of morpholine rings is 1. The molecule has 6 heteroatoms. The van der Waals surface area contributed by atoms with Gasteiger partial charge in [0.2, 0.25) is 0 Å². The van der Waals surface area contributed by atoms with Crippen LogP contribution in [0.4, 0.5) is 0 Å². The quantitative estimate of drug-likeness (QED) is 0.523. The second-order valence-corrected chi connectivity index (χ2v) is 5.95. The average Bonchev–Trinajstić information content (AvgIpc) is 2.59. The van der Waals surface area contributed by atoms with Crippen molar-refractivity contribution in [1.29, 1.82) is 0 Å². The molecule has 0 radical (unpaired) electrons. The highest BCUT2D eigenvalue weighted by molar-refractivity contribution is 5.79. The molecule has 23 heavy (non-hydrogen) atoms. The summed E-state index contributed by atoms with van der Waals surface area (Å²) in [5, 5.41) is 17.1. The molecule has 1 atom stereocenters. The predicted octanol–water partition coefficient (Wildman–Crippen LogP) is 0.391. The van der Waals surface area contributed by atoms with Gasteiger partial charge in [-0.15, -0.1) is 0 Å². The molecular formula is C17H28N4O2. The minimum atomic E-state index is -0.941. The topological polar surface area (TPSA) is 69.1 Å². The number of aliphatic imine (C=N–C) groups is 1. The summed E-state index contributed by atoms with van der Waals surface area (Å²) in [6.45, 7) is 7.56. The Hall–Kier alpha value is -1.63. The first-order chi connectivity index (χ1) is 11.1. The van der Waals surface area contributed by atoms with Crippen LogP contribution in [0.2, 0.25) is 0 Å². The van der Waals surface area contributed by atoms with E-state index >= 15 is 0 Å². The summed E-state index contributed by atoms with van der Waals surface area (Å²) in [4.78, 5) is 6.57. The summed E-state index contributed by atoms with van der Waals surface area (Å²) >= 11 is 0. The van der Waals surface area contributed by atoms with Crippen molar-refractivity contribution < 1.29 is 9.84 Å². The Labute approximate surface area is 138 Å². The van der Waals surface area contributed by atoms with Crippen LogP contribution in [0.15, 0.2) is 35.3 Å². The molecule has 1 fully saturated rings. The van der Waals surface area contributed by atoms with Crippen molar-refractivity contribution in [2.45, 2.75) is 12.5 Å². The van der Waals surface area contributed by atoms with Crippen LogP contribution in [-0.4, -0.2) is 69.0 Å². The molecule has 0 saturated carbocycles. The second-order valence-electron chi connectivity index (χ2n) is 5.95. The first-order valence-electron chi connectivity index (χ1n) is 8.14. The lowest BCUT2D eigenvalue weighted by atomic mass is 9.96. The van der Waals surface area contributed by atoms with Crippen LogP contribution < -0.4 is 10.6 Å². The normalized spacial score (nSPS) is 19.2. The lowest BCUT2D eigenvalue weighted by Gasteiger charge is -2.27. The van der Waals surface area contributed by atoms with Crippen LogP contribution in [-0.2, 0) is 10.3 Å². The van der Waals surface area contributed by atoms with E-state index in [9.17, 15) is 5.11 Å². The minimum absolute atomic E-state index is 0.397. The van der Waals surface area contributed by atoms with E-state index < -0.39 is 5.60 Å². The maximum Gasteiger partial charge on any atom is 0.191 e. The van der Waals surface area contributed by atoms with Crippen molar-refractivity contribution in [3.05, 3.63) is 35.9 Å². The zero-order chi connectivity index (χ0) is 16.5. The lowest BCUT2D eigenvalue weighted by molar-refractivity contribution is 0.0388. The van der Waals surface area contributed by atoms with Gasteiger partial charge in [0.05, 0.1) is 19.8 Å². The van der Waals surface area contributed by atoms with Gasteiger partial charge in [0, 0.05) is 33.2 Å². The van der Waals surface area contributed by atoms with E-state index in [1.165, 1.54) is 0 Å². The predicted molar refractivity (Wildman–Crippen MR) is 92.6 cm³/mol. The Morgan fingerprint density at radius 3 is 2.61 bits per heavy atom. The molecular weight excluding hydrogens is 292 g/mol. The number of benzene rings is 1. The van der Waals surface area contributed by atoms with Gasteiger partial charge in [-0.1, -0.05) is 30.3 Å². The molecule has 0 amide bonds. The number of guanidine groups is 1. The molecule has 6 nitrogen and oxygen atoms in total. The molecule has 0 spiro atoms. The van der Waals surface area contributed by atoms with Crippen LogP contribution in [0.3, 0.4) is 0 Å². The van der Waals surface area contributed by atoms with Gasteiger partial charge in [0.25, 0.3) is 0 Å². The molecule has 1 aromatic carbocycles. The Morgan fingerprint density at radius 2 is 1.96 bits per heavy atom. The Kier molecular flexibility index (Phi) is 6.83. The monoisotopic (exact) mass is 320 g/mol. The number of ether oxygens (including phenoxy) is 1. The smallest absolute Gasteiger partial charge is 0.191 e. The van der Waals surface area contributed by atoms with Crippen molar-refractivity contribution >= 4 is 5.96 Å². The Balaban J connectivity index is 1.74. The third kappa shape index (κ3) is 5.82. The fourth-order valence-corrected chi connectivity index (χ4v) is 2.53. The third-order valence-corrected chi connectivity index (χ3v) is 4.04. The summed E-state index contributed by atoms with van der Waals surface area (Å²) < 4.78 is 5.34. The molecule has 128 valence electrons. The average molecular weight is 320 g/mol. The summed E-state index contributed by atoms with van der Waals surface area (Å²) in [6.07, 6.45) is 0. The van der Waals surface area contributed by atoms with Gasteiger partial charge in [0.15, 0.2) is 5.96 Å². The van der Waals surface area contributed by atoms with Gasteiger partial charge in [-0.05, 0) is 12.5 Å². The largest absolute Gasteiger partial charge is 0.384 e. The van der Waals surface area contributed by atoms with Crippen molar-refractivity contribution in [2.24, 2.45) is 4.99 Å². The van der Waals surface area contributed by atoms with E-state index in [1.54, 1.807) is 14.0 Å². The number of nitrogens with one attached hydrogen (secondary N) is 2. The number of rotatable bonds is 6. The molecule has 1 aliphatic heterocycles. The van der Waals surface area contributed by atoms with Gasteiger partial charge < -0.3 is 20.5 Å². The summed E-state index contributed by atoms with van der Waals surface area (Å²) in [5.41, 5.74) is -0.0559. The molecule has 2 rings (SSSR count). The standard InChI is InChI=1S/C17H28N4O2/c1-17(22,15-6-4-3-5-7-15)14-20-16(18-2)19-8-9-21-10-12-23-13-11-21/h3-7,22H,8-14H2,1-2H3,(H2,18,19,20). The van der Waals surface area contributed by atoms with E-state index in [-0.39, 0.29) is 0 Å². The fraction of sp³-hybridized carbons (Fsp3) is 0.588. The zero-order valence-corrected chi connectivity index (χ0v) is 14.1. The van der Waals surface area contributed by atoms with E-state index in [0.29, 0.717) is 12.5 Å². The molecule has 1 aliphatic rings. The first kappa shape index (κ1) is 17.7. The summed E-state index contributed by atoms with van der Waals surface area (Å²) in [5.74, 6) is 0.703. The Morgan fingerprint density at radius 1 is 1.26 bits per heavy atom. The molecule has 0 aliphatic carbocycles. The number of hydrogen-bond acceptors (Lipinski definition) is 4. The SMILES string of the molecule is CN=C(NCCN1CCOCC1)NCC(C)(O)c1ccccc1. The molecule has 3 N–H and O–H groups in total. The van der Waals surface area contributed by atoms with Gasteiger partial charge >= 0.3 is 0 Å². The lowest BCUT2D eigenvalue weighted by Crippen LogP contribution is -2.47. The van der Waals surface area contributed by atoms with Crippen LogP contribution in [0.5, 0.6) is 0 Å². The molecule has 1 heterocycles. The van der Waals surface area contributed by atoms with Gasteiger partial charge in [-0.3, -0.25) is 9.89 Å². The van der Waals surface area contributed by atoms with Crippen molar-refractivity contribution in [2.75, 3.05) is 53.0 Å². The maximum absolute atomic E-state index is 10.6. The first-order valence-corrected chi connectivity index (χ1v) is 8.14. The highest BCUT2D eigenvalue weighted by atomic mass is 16.5. The molecule has 1 saturated heterocycles. The Bertz CT molecular complexity index is 485. The molecule has 0 aromatic heterocycles. The number of hydrogen-bond donors (Lipinski definition) is 3. The fourth-order valence-electron chi connectivity index (χ4n) is 2.53. The van der Waals surface area contributed by atoms with Crippen LogP contribution in [0.1, 0.15) is 12.5 Å².